The smallest absolute Gasteiger partial charge is 0.194 e. The van der Waals surface area contributed by atoms with Crippen LogP contribution in [0.4, 0.5) is 5.82 Å². The fraction of sp³-hybridized carbons (Fsp3) is 0.583. The van der Waals surface area contributed by atoms with Crippen molar-refractivity contribution in [1.82, 2.24) is 9.88 Å². The van der Waals surface area contributed by atoms with Crippen molar-refractivity contribution in [2.24, 2.45) is 4.99 Å². The van der Waals surface area contributed by atoms with Gasteiger partial charge in [0, 0.05) is 11.3 Å². The van der Waals surface area contributed by atoms with E-state index in [2.05, 4.69) is 9.98 Å². The molecule has 7 heteroatoms. The van der Waals surface area contributed by atoms with E-state index in [0.29, 0.717) is 6.54 Å². The number of H-pyrrole nitrogens is 1. The van der Waals surface area contributed by atoms with E-state index < -0.39 is 24.5 Å². The normalized spacial score (nSPS) is 33.8. The Morgan fingerprint density at radius 3 is 3.00 bits per heavy atom. The summed E-state index contributed by atoms with van der Waals surface area (Å²) in [5.74, 6) is 0.773. The van der Waals surface area contributed by atoms with Gasteiger partial charge in [0.05, 0.1) is 26.1 Å². The average Bonchev–Trinajstić information content (AvgIpc) is 2.91. The molecule has 0 unspecified atom stereocenters. The summed E-state index contributed by atoms with van der Waals surface area (Å²) in [5.41, 5.74) is 0.631. The number of hydrogen-bond donors (Lipinski definition) is 4. The zero-order valence-electron chi connectivity index (χ0n) is 10.6. The van der Waals surface area contributed by atoms with Crippen molar-refractivity contribution in [3.8, 4) is 0 Å². The molecular weight excluding hydrogens is 250 g/mol. The van der Waals surface area contributed by atoms with Crippen LogP contribution in [0.3, 0.4) is 0 Å². The number of rotatable bonds is 2. The highest BCUT2D eigenvalue weighted by Gasteiger charge is 2.52. The molecule has 0 bridgehead atoms. The third-order valence-electron chi connectivity index (χ3n) is 3.72. The molecule has 19 heavy (non-hydrogen) atoms. The molecule has 0 spiro atoms. The molecule has 3 atom stereocenters. The quantitative estimate of drug-likeness (QED) is 0.564. The summed E-state index contributed by atoms with van der Waals surface area (Å²) in [7, 11) is 0. The van der Waals surface area contributed by atoms with Gasteiger partial charge in [-0.25, -0.2) is 4.99 Å². The number of hydrogen-bond acceptors (Lipinski definition) is 6. The second-order valence-electron chi connectivity index (χ2n) is 5.02. The summed E-state index contributed by atoms with van der Waals surface area (Å²) in [6.45, 7) is 1.96. The number of nitrogens with zero attached hydrogens (tertiary/aromatic N) is 2. The second kappa shape index (κ2) is 4.31. The van der Waals surface area contributed by atoms with E-state index in [1.807, 2.05) is 13.0 Å². The van der Waals surface area contributed by atoms with Crippen LogP contribution in [0, 0.1) is 6.92 Å². The van der Waals surface area contributed by atoms with Crippen LogP contribution in [0.5, 0.6) is 0 Å². The lowest BCUT2D eigenvalue weighted by atomic mass is 10.0. The van der Waals surface area contributed by atoms with Gasteiger partial charge in [-0.3, -0.25) is 0 Å². The molecule has 3 heterocycles. The molecule has 1 fully saturated rings. The lowest BCUT2D eigenvalue weighted by Gasteiger charge is -2.40. The molecule has 0 aliphatic carbocycles. The Morgan fingerprint density at radius 1 is 1.58 bits per heavy atom. The molecule has 0 saturated carbocycles. The number of aromatic amines is 1. The van der Waals surface area contributed by atoms with Crippen molar-refractivity contribution in [3.05, 3.63) is 17.3 Å². The topological polar surface area (TPSA) is 101 Å². The van der Waals surface area contributed by atoms with Gasteiger partial charge in [0.2, 0.25) is 0 Å². The van der Waals surface area contributed by atoms with E-state index in [0.717, 1.165) is 17.1 Å². The molecule has 0 amide bonds. The van der Waals surface area contributed by atoms with E-state index in [4.69, 9.17) is 4.74 Å². The van der Waals surface area contributed by atoms with Gasteiger partial charge in [-0.05, 0) is 13.0 Å². The van der Waals surface area contributed by atoms with Crippen LogP contribution in [-0.2, 0) is 11.3 Å². The molecule has 3 rings (SSSR count). The summed E-state index contributed by atoms with van der Waals surface area (Å²) in [6.07, 6.45) is -0.657. The Balaban J connectivity index is 1.91. The number of aliphatic hydroxyl groups excluding tert-OH is 3. The Kier molecular flexibility index (Phi) is 2.86. The van der Waals surface area contributed by atoms with E-state index in [-0.39, 0.29) is 6.61 Å². The van der Waals surface area contributed by atoms with Crippen molar-refractivity contribution in [3.63, 3.8) is 0 Å². The summed E-state index contributed by atoms with van der Waals surface area (Å²) in [4.78, 5) is 9.00. The number of fused-ring (bicyclic) bond motifs is 1. The third-order valence-corrected chi connectivity index (χ3v) is 3.72. The monoisotopic (exact) mass is 267 g/mol. The highest BCUT2D eigenvalue weighted by Crippen LogP contribution is 2.34. The minimum Gasteiger partial charge on any atom is -0.391 e. The maximum Gasteiger partial charge on any atom is 0.194 e. The Labute approximate surface area is 110 Å². The molecule has 0 radical (unpaired) electrons. The summed E-state index contributed by atoms with van der Waals surface area (Å²) in [5, 5.41) is 29.3. The fourth-order valence-corrected chi connectivity index (χ4v) is 2.64. The number of aliphatic imine (C=N–C) groups is 1. The SMILES string of the molecule is Cc1cc2c([nH]1)N=CN([C@@]1(CO)OC[C@H](O)[C@@H]1O)C2. The van der Waals surface area contributed by atoms with Gasteiger partial charge in [-0.1, -0.05) is 0 Å². The first-order valence-corrected chi connectivity index (χ1v) is 6.17. The second-order valence-corrected chi connectivity index (χ2v) is 5.02. The average molecular weight is 267 g/mol. The van der Waals surface area contributed by atoms with Crippen LogP contribution >= 0.6 is 0 Å². The number of aryl methyl sites for hydroxylation is 1. The van der Waals surface area contributed by atoms with Gasteiger partial charge in [0.15, 0.2) is 5.72 Å². The van der Waals surface area contributed by atoms with E-state index in [1.54, 1.807) is 4.90 Å². The van der Waals surface area contributed by atoms with Crippen LogP contribution in [0.15, 0.2) is 11.1 Å². The molecule has 1 aromatic heterocycles. The van der Waals surface area contributed by atoms with Crippen LogP contribution in [-0.4, -0.2) is 62.7 Å². The van der Waals surface area contributed by atoms with Crippen molar-refractivity contribution < 1.29 is 20.1 Å². The molecule has 4 N–H and O–H groups in total. The highest BCUT2D eigenvalue weighted by atomic mass is 16.6. The fourth-order valence-electron chi connectivity index (χ4n) is 2.64. The number of aromatic nitrogens is 1. The lowest BCUT2D eigenvalue weighted by Crippen LogP contribution is -2.59. The van der Waals surface area contributed by atoms with Crippen molar-refractivity contribution in [2.75, 3.05) is 13.2 Å². The summed E-state index contributed by atoms with van der Waals surface area (Å²) < 4.78 is 5.45. The van der Waals surface area contributed by atoms with Gasteiger partial charge in [0.1, 0.15) is 18.0 Å². The minimum atomic E-state index is -1.33. The summed E-state index contributed by atoms with van der Waals surface area (Å²) >= 11 is 0. The Bertz CT molecular complexity index is 515. The Hall–Kier alpha value is -1.41. The van der Waals surface area contributed by atoms with Crippen molar-refractivity contribution in [1.29, 1.82) is 0 Å². The van der Waals surface area contributed by atoms with Gasteiger partial charge < -0.3 is 29.9 Å². The van der Waals surface area contributed by atoms with Crippen LogP contribution in [0.25, 0.3) is 0 Å². The third kappa shape index (κ3) is 1.78. The number of aliphatic hydroxyl groups is 3. The Morgan fingerprint density at radius 2 is 2.37 bits per heavy atom. The van der Waals surface area contributed by atoms with Crippen LogP contribution in [0.1, 0.15) is 11.3 Å². The van der Waals surface area contributed by atoms with Gasteiger partial charge in [-0.2, -0.15) is 0 Å². The van der Waals surface area contributed by atoms with E-state index in [9.17, 15) is 15.3 Å². The molecule has 2 aliphatic rings. The first kappa shape index (κ1) is 12.6. The molecule has 7 nitrogen and oxygen atoms in total. The van der Waals surface area contributed by atoms with Crippen LogP contribution in [0.2, 0.25) is 0 Å². The zero-order chi connectivity index (χ0) is 13.6. The maximum absolute atomic E-state index is 10.1. The first-order chi connectivity index (χ1) is 9.06. The minimum absolute atomic E-state index is 0.00884. The van der Waals surface area contributed by atoms with Gasteiger partial charge in [-0.15, -0.1) is 0 Å². The predicted octanol–water partition coefficient (Wildman–Crippen LogP) is -0.761. The first-order valence-electron chi connectivity index (χ1n) is 6.17. The highest BCUT2D eigenvalue weighted by molar-refractivity contribution is 5.66. The standard InChI is InChI=1S/C12H17N3O4/c1-7-2-8-3-15(6-13-11(8)14-7)12(5-16)10(18)9(17)4-19-12/h2,6,9-10,14,16-18H,3-5H2,1H3/t9-,10-,12-/m0/s1. The summed E-state index contributed by atoms with van der Waals surface area (Å²) in [6, 6.07) is 1.96. The molecular formula is C12H17N3O4. The molecule has 0 aromatic carbocycles. The zero-order valence-corrected chi connectivity index (χ0v) is 10.6. The maximum atomic E-state index is 10.1. The molecule has 104 valence electrons. The van der Waals surface area contributed by atoms with Crippen molar-refractivity contribution >= 4 is 12.2 Å². The predicted molar refractivity (Wildman–Crippen MR) is 67.0 cm³/mol. The molecule has 1 aromatic rings. The van der Waals surface area contributed by atoms with Gasteiger partial charge >= 0.3 is 0 Å². The lowest BCUT2D eigenvalue weighted by molar-refractivity contribution is -0.168. The van der Waals surface area contributed by atoms with E-state index >= 15 is 0 Å². The molecule has 2 aliphatic heterocycles. The van der Waals surface area contributed by atoms with Gasteiger partial charge in [0.25, 0.3) is 0 Å². The molecule has 1 saturated heterocycles. The van der Waals surface area contributed by atoms with Crippen LogP contribution < -0.4 is 0 Å². The van der Waals surface area contributed by atoms with Crippen molar-refractivity contribution in [2.45, 2.75) is 31.4 Å². The number of ether oxygens (including phenoxy) is 1. The largest absolute Gasteiger partial charge is 0.391 e. The number of nitrogens with one attached hydrogen (secondary N) is 1. The van der Waals surface area contributed by atoms with E-state index in [1.165, 1.54) is 6.34 Å².